The minimum atomic E-state index is -4.96. The highest BCUT2D eigenvalue weighted by Gasteiger charge is 2.30. The van der Waals surface area contributed by atoms with Gasteiger partial charge in [0.1, 0.15) is 19.3 Å². The van der Waals surface area contributed by atoms with Crippen molar-refractivity contribution in [3.8, 4) is 0 Å². The standard InChI is InChI=1S/C83H162O17P2/c1-7-9-11-13-15-17-19-20-21-25-30-37-43-49-55-61-67-82(87)99-78(71-93-80(85)65-59-53-47-41-33-18-16-14-12-10-8-2)73-97-101(89,90)95-69-77(84)70-96-102(91,92)98-74-79(72-94-81(86)66-60-54-48-42-36-32-27-29-35-40-46-52-58-64-76(5)6)100-83(88)68-62-56-50-44-38-31-26-23-22-24-28-34-39-45-51-57-63-75(3)4/h75-79,84H,7-74H2,1-6H3,(H,89,90)(H,91,92)/t77-,78+,79+/m0/s1. The van der Waals surface area contributed by atoms with Crippen LogP contribution in [-0.4, -0.2) is 96.7 Å². The molecule has 3 N–H and O–H groups in total. The fourth-order valence-corrected chi connectivity index (χ4v) is 14.5. The average molecular weight is 1490 g/mol. The van der Waals surface area contributed by atoms with Crippen molar-refractivity contribution in [1.82, 2.24) is 0 Å². The number of hydrogen-bond acceptors (Lipinski definition) is 15. The molecular weight excluding hydrogens is 1330 g/mol. The van der Waals surface area contributed by atoms with Crippen LogP contribution >= 0.6 is 15.6 Å². The molecule has 0 aliphatic carbocycles. The average Bonchev–Trinajstić information content (AvgIpc) is 0.922. The van der Waals surface area contributed by atoms with Crippen molar-refractivity contribution in [2.75, 3.05) is 39.6 Å². The number of carbonyl (C=O) groups is 4. The molecule has 0 radical (unpaired) electrons. The highest BCUT2D eigenvalue weighted by atomic mass is 31.2. The molecule has 0 bridgehead atoms. The molecule has 0 amide bonds. The summed E-state index contributed by atoms with van der Waals surface area (Å²) < 4.78 is 68.8. The minimum absolute atomic E-state index is 0.108. The molecule has 5 atom stereocenters. The van der Waals surface area contributed by atoms with E-state index in [1.54, 1.807) is 0 Å². The number of phosphoric ester groups is 2. The van der Waals surface area contributed by atoms with Crippen molar-refractivity contribution in [1.29, 1.82) is 0 Å². The summed E-state index contributed by atoms with van der Waals surface area (Å²) in [6, 6.07) is 0. The maximum absolute atomic E-state index is 13.1. The van der Waals surface area contributed by atoms with E-state index in [1.165, 1.54) is 257 Å². The zero-order valence-electron chi connectivity index (χ0n) is 66.9. The lowest BCUT2D eigenvalue weighted by Crippen LogP contribution is -2.30. The predicted molar refractivity (Wildman–Crippen MR) is 418 cm³/mol. The van der Waals surface area contributed by atoms with E-state index >= 15 is 0 Å². The van der Waals surface area contributed by atoms with Crippen molar-refractivity contribution < 1.29 is 80.2 Å². The number of hydrogen-bond donors (Lipinski definition) is 3. The van der Waals surface area contributed by atoms with E-state index in [2.05, 4.69) is 41.5 Å². The summed E-state index contributed by atoms with van der Waals surface area (Å²) in [6.07, 6.45) is 65.1. The zero-order valence-corrected chi connectivity index (χ0v) is 68.7. The summed E-state index contributed by atoms with van der Waals surface area (Å²) in [5.41, 5.74) is 0. The summed E-state index contributed by atoms with van der Waals surface area (Å²) >= 11 is 0. The molecule has 0 saturated heterocycles. The summed E-state index contributed by atoms with van der Waals surface area (Å²) in [6.45, 7) is 9.70. The van der Waals surface area contributed by atoms with Crippen LogP contribution < -0.4 is 0 Å². The molecule has 0 aliphatic heterocycles. The fourth-order valence-electron chi connectivity index (χ4n) is 12.9. The highest BCUT2D eigenvalue weighted by Crippen LogP contribution is 2.45. The van der Waals surface area contributed by atoms with Crippen molar-refractivity contribution in [2.45, 2.75) is 458 Å². The van der Waals surface area contributed by atoms with Crippen LogP contribution in [0.5, 0.6) is 0 Å². The monoisotopic (exact) mass is 1490 g/mol. The lowest BCUT2D eigenvalue weighted by molar-refractivity contribution is -0.161. The summed E-state index contributed by atoms with van der Waals surface area (Å²) in [5, 5.41) is 10.7. The Kier molecular flexibility index (Phi) is 73.1. The molecule has 102 heavy (non-hydrogen) atoms. The fraction of sp³-hybridized carbons (Fsp3) is 0.952. The molecule has 0 fully saturated rings. The Morgan fingerprint density at radius 1 is 0.265 bits per heavy atom. The first-order chi connectivity index (χ1) is 49.4. The number of ether oxygens (including phenoxy) is 4. The van der Waals surface area contributed by atoms with E-state index in [9.17, 15) is 43.2 Å². The molecule has 2 unspecified atom stereocenters. The van der Waals surface area contributed by atoms with Gasteiger partial charge in [-0.15, -0.1) is 0 Å². The molecule has 19 heteroatoms. The zero-order chi connectivity index (χ0) is 74.9. The Morgan fingerprint density at radius 3 is 0.667 bits per heavy atom. The predicted octanol–water partition coefficient (Wildman–Crippen LogP) is 25.1. The van der Waals surface area contributed by atoms with E-state index in [1.807, 2.05) is 0 Å². The summed E-state index contributed by atoms with van der Waals surface area (Å²) in [4.78, 5) is 73.1. The minimum Gasteiger partial charge on any atom is -0.462 e. The van der Waals surface area contributed by atoms with Gasteiger partial charge in [-0.25, -0.2) is 9.13 Å². The quantitative estimate of drug-likeness (QED) is 0.0222. The second kappa shape index (κ2) is 74.5. The van der Waals surface area contributed by atoms with Crippen molar-refractivity contribution in [2.24, 2.45) is 11.8 Å². The van der Waals surface area contributed by atoms with Gasteiger partial charge < -0.3 is 33.8 Å². The SMILES string of the molecule is CCCCCCCCCCCCCCCCCCC(=O)O[C@H](COC(=O)CCCCCCCCCCCCC)COP(=O)(O)OC[C@H](O)COP(=O)(O)OC[C@@H](COC(=O)CCCCCCCCCCCCCCCC(C)C)OC(=O)CCCCCCCCCCCCCCCCCCC(C)C. The van der Waals surface area contributed by atoms with E-state index < -0.39 is 97.5 Å². The molecule has 0 saturated carbocycles. The number of unbranched alkanes of at least 4 members (excludes halogenated alkanes) is 52. The van der Waals surface area contributed by atoms with Gasteiger partial charge in [-0.2, -0.15) is 0 Å². The Hall–Kier alpha value is -1.94. The van der Waals surface area contributed by atoms with Crippen LogP contribution in [-0.2, 0) is 65.4 Å². The first kappa shape index (κ1) is 100. The number of phosphoric acid groups is 2. The third-order valence-electron chi connectivity index (χ3n) is 19.5. The van der Waals surface area contributed by atoms with Crippen LogP contribution in [0.3, 0.4) is 0 Å². The molecule has 606 valence electrons. The van der Waals surface area contributed by atoms with Gasteiger partial charge in [0.15, 0.2) is 12.2 Å². The number of aliphatic hydroxyl groups excluding tert-OH is 1. The molecule has 0 spiro atoms. The number of carbonyl (C=O) groups excluding carboxylic acids is 4. The van der Waals surface area contributed by atoms with E-state index in [0.29, 0.717) is 25.7 Å². The summed E-state index contributed by atoms with van der Waals surface area (Å²) in [7, 11) is -9.92. The Balaban J connectivity index is 5.25. The first-order valence-corrected chi connectivity index (χ1v) is 46.0. The van der Waals surface area contributed by atoms with Gasteiger partial charge in [0.25, 0.3) is 0 Å². The Bertz CT molecular complexity index is 1960. The van der Waals surface area contributed by atoms with Gasteiger partial charge in [-0.05, 0) is 37.5 Å². The molecular formula is C83H162O17P2. The van der Waals surface area contributed by atoms with Crippen molar-refractivity contribution in [3.63, 3.8) is 0 Å². The second-order valence-corrected chi connectivity index (χ2v) is 33.7. The molecule has 0 heterocycles. The second-order valence-electron chi connectivity index (χ2n) is 30.8. The maximum Gasteiger partial charge on any atom is 0.472 e. The van der Waals surface area contributed by atoms with Crippen LogP contribution in [0.25, 0.3) is 0 Å². The Morgan fingerprint density at radius 2 is 0.451 bits per heavy atom. The van der Waals surface area contributed by atoms with Gasteiger partial charge in [0.2, 0.25) is 0 Å². The lowest BCUT2D eigenvalue weighted by atomic mass is 10.0. The topological polar surface area (TPSA) is 237 Å². The molecule has 0 aliphatic rings. The van der Waals surface area contributed by atoms with E-state index in [-0.39, 0.29) is 25.7 Å². The smallest absolute Gasteiger partial charge is 0.462 e. The molecule has 0 aromatic rings. The third kappa shape index (κ3) is 76.3. The first-order valence-electron chi connectivity index (χ1n) is 43.0. The summed E-state index contributed by atoms with van der Waals surface area (Å²) in [5.74, 6) is -0.503. The number of rotatable bonds is 82. The van der Waals surface area contributed by atoms with E-state index in [0.717, 1.165) is 102 Å². The van der Waals surface area contributed by atoms with Gasteiger partial charge in [-0.1, -0.05) is 388 Å². The molecule has 0 rings (SSSR count). The molecule has 17 nitrogen and oxygen atoms in total. The highest BCUT2D eigenvalue weighted by molar-refractivity contribution is 7.47. The van der Waals surface area contributed by atoms with Gasteiger partial charge in [0, 0.05) is 25.7 Å². The Labute approximate surface area is 626 Å². The van der Waals surface area contributed by atoms with Crippen LogP contribution in [0.4, 0.5) is 0 Å². The van der Waals surface area contributed by atoms with Crippen LogP contribution in [0.1, 0.15) is 440 Å². The van der Waals surface area contributed by atoms with Crippen LogP contribution in [0.2, 0.25) is 0 Å². The van der Waals surface area contributed by atoms with Crippen LogP contribution in [0.15, 0.2) is 0 Å². The van der Waals surface area contributed by atoms with Gasteiger partial charge in [-0.3, -0.25) is 37.3 Å². The normalized spacial score (nSPS) is 13.9. The maximum atomic E-state index is 13.1. The molecule has 0 aromatic heterocycles. The number of aliphatic hydroxyl groups is 1. The van der Waals surface area contributed by atoms with E-state index in [4.69, 9.17) is 37.0 Å². The lowest BCUT2D eigenvalue weighted by Gasteiger charge is -2.21. The third-order valence-corrected chi connectivity index (χ3v) is 21.4. The molecule has 0 aromatic carbocycles. The number of esters is 4. The van der Waals surface area contributed by atoms with Crippen LogP contribution in [0, 0.1) is 11.8 Å². The van der Waals surface area contributed by atoms with Crippen molar-refractivity contribution in [3.05, 3.63) is 0 Å². The van der Waals surface area contributed by atoms with Gasteiger partial charge >= 0.3 is 39.5 Å². The van der Waals surface area contributed by atoms with Gasteiger partial charge in [0.05, 0.1) is 26.4 Å². The van der Waals surface area contributed by atoms with Crippen molar-refractivity contribution >= 4 is 39.5 Å². The largest absolute Gasteiger partial charge is 0.472 e.